The minimum atomic E-state index is -0.299. The first-order valence-electron chi connectivity index (χ1n) is 19.3. The van der Waals surface area contributed by atoms with E-state index in [9.17, 15) is 5.11 Å². The van der Waals surface area contributed by atoms with E-state index in [-0.39, 0.29) is 22.5 Å². The first-order chi connectivity index (χ1) is 25.6. The lowest BCUT2D eigenvalue weighted by Gasteiger charge is -2.28. The molecule has 4 nitrogen and oxygen atoms in total. The molecule has 0 spiro atoms. The molecule has 0 saturated carbocycles. The fourth-order valence-electron chi connectivity index (χ4n) is 7.50. The number of para-hydroxylation sites is 2. The Morgan fingerprint density at radius 2 is 1.28 bits per heavy atom. The average molecular weight is 712 g/mol. The van der Waals surface area contributed by atoms with Crippen LogP contribution in [0.25, 0.3) is 61.6 Å². The zero-order chi connectivity index (χ0) is 38.5. The highest BCUT2D eigenvalue weighted by Crippen LogP contribution is 2.46. The Bertz CT molecular complexity index is 2460. The van der Waals surface area contributed by atoms with Gasteiger partial charge in [0, 0.05) is 28.5 Å². The summed E-state index contributed by atoms with van der Waals surface area (Å²) in [6.45, 7) is 22.2. The molecule has 0 saturated heterocycles. The number of hydrogen-bond acceptors (Lipinski definition) is 3. The van der Waals surface area contributed by atoms with Crippen molar-refractivity contribution in [1.82, 2.24) is 14.5 Å². The van der Waals surface area contributed by atoms with Crippen LogP contribution in [0.1, 0.15) is 103 Å². The molecule has 0 aliphatic carbocycles. The number of imidazole rings is 1. The van der Waals surface area contributed by atoms with Crippen molar-refractivity contribution in [3.8, 4) is 56.3 Å². The van der Waals surface area contributed by atoms with Crippen LogP contribution in [-0.2, 0) is 10.8 Å². The molecule has 7 rings (SSSR count). The summed E-state index contributed by atoms with van der Waals surface area (Å²) >= 11 is 0. The summed E-state index contributed by atoms with van der Waals surface area (Å²) in [5.74, 6) is 1.54. The van der Waals surface area contributed by atoms with Gasteiger partial charge in [-0.15, -0.1) is 0 Å². The fourth-order valence-corrected chi connectivity index (χ4v) is 7.50. The van der Waals surface area contributed by atoms with Crippen LogP contribution in [0, 0.1) is 0 Å². The SMILES string of the molecule is CC(C)c1cc(-c2ccccn2)cc(-c2cccc3c2nc(-c2cc(C(C)(C)C)cc(C(C)(C)C)c2O)n3-c2c(-c3ccccc3)cccc2C(C)C)c1. The van der Waals surface area contributed by atoms with E-state index >= 15 is 0 Å². The highest BCUT2D eigenvalue weighted by Gasteiger charge is 2.30. The van der Waals surface area contributed by atoms with Gasteiger partial charge in [-0.25, -0.2) is 4.98 Å². The second-order valence-corrected chi connectivity index (χ2v) is 17.3. The minimum Gasteiger partial charge on any atom is -0.507 e. The van der Waals surface area contributed by atoms with Gasteiger partial charge >= 0.3 is 0 Å². The van der Waals surface area contributed by atoms with Crippen LogP contribution in [0.15, 0.2) is 121 Å². The van der Waals surface area contributed by atoms with Crippen molar-refractivity contribution in [2.24, 2.45) is 0 Å². The van der Waals surface area contributed by atoms with E-state index in [0.29, 0.717) is 5.92 Å². The number of phenols is 1. The van der Waals surface area contributed by atoms with Gasteiger partial charge in [0.25, 0.3) is 0 Å². The molecule has 2 heterocycles. The maximum atomic E-state index is 12.4. The summed E-state index contributed by atoms with van der Waals surface area (Å²) in [5.41, 5.74) is 14.2. The largest absolute Gasteiger partial charge is 0.507 e. The van der Waals surface area contributed by atoms with Gasteiger partial charge in [0.2, 0.25) is 0 Å². The summed E-state index contributed by atoms with van der Waals surface area (Å²) in [5, 5.41) is 12.4. The Kier molecular flexibility index (Phi) is 9.60. The van der Waals surface area contributed by atoms with E-state index in [1.54, 1.807) is 0 Å². The molecule has 5 aromatic carbocycles. The van der Waals surface area contributed by atoms with Gasteiger partial charge in [0.15, 0.2) is 0 Å². The molecule has 0 aliphatic heterocycles. The third-order valence-corrected chi connectivity index (χ3v) is 10.6. The zero-order valence-electron chi connectivity index (χ0n) is 33.5. The Hall–Kier alpha value is -5.48. The highest BCUT2D eigenvalue weighted by atomic mass is 16.3. The maximum Gasteiger partial charge on any atom is 0.149 e. The lowest BCUT2D eigenvalue weighted by Crippen LogP contribution is -2.17. The molecule has 0 unspecified atom stereocenters. The average Bonchev–Trinajstić information content (AvgIpc) is 3.53. The number of fused-ring (bicyclic) bond motifs is 1. The molecule has 7 aromatic rings. The van der Waals surface area contributed by atoms with Gasteiger partial charge < -0.3 is 5.11 Å². The number of hydrogen-bond donors (Lipinski definition) is 1. The van der Waals surface area contributed by atoms with Crippen molar-refractivity contribution in [3.05, 3.63) is 144 Å². The topological polar surface area (TPSA) is 50.9 Å². The lowest BCUT2D eigenvalue weighted by molar-refractivity contribution is 0.446. The predicted molar refractivity (Wildman–Crippen MR) is 228 cm³/mol. The van der Waals surface area contributed by atoms with E-state index in [0.717, 1.165) is 72.7 Å². The molecule has 0 atom stereocenters. The number of aromatic hydroxyl groups is 1. The molecule has 0 radical (unpaired) electrons. The lowest BCUT2D eigenvalue weighted by atomic mass is 9.79. The van der Waals surface area contributed by atoms with Gasteiger partial charge in [-0.1, -0.05) is 148 Å². The molecule has 54 heavy (non-hydrogen) atoms. The first kappa shape index (κ1) is 36.9. The summed E-state index contributed by atoms with van der Waals surface area (Å²) in [6, 6.07) is 41.0. The fraction of sp³-hybridized carbons (Fsp3) is 0.280. The molecule has 0 aliphatic rings. The maximum absolute atomic E-state index is 12.4. The van der Waals surface area contributed by atoms with E-state index in [4.69, 9.17) is 9.97 Å². The van der Waals surface area contributed by atoms with E-state index in [1.165, 1.54) is 11.1 Å². The summed E-state index contributed by atoms with van der Waals surface area (Å²) in [6.07, 6.45) is 1.85. The van der Waals surface area contributed by atoms with E-state index < -0.39 is 0 Å². The Balaban J connectivity index is 1.65. The molecule has 274 valence electrons. The van der Waals surface area contributed by atoms with Crippen LogP contribution >= 0.6 is 0 Å². The molecule has 1 N–H and O–H groups in total. The third-order valence-electron chi connectivity index (χ3n) is 10.6. The van der Waals surface area contributed by atoms with Crippen LogP contribution < -0.4 is 0 Å². The van der Waals surface area contributed by atoms with Crippen molar-refractivity contribution in [1.29, 1.82) is 0 Å². The number of phenolic OH excluding ortho intramolecular Hbond substituents is 1. The number of aromatic nitrogens is 3. The highest BCUT2D eigenvalue weighted by molar-refractivity contribution is 5.98. The summed E-state index contributed by atoms with van der Waals surface area (Å²) in [7, 11) is 0. The monoisotopic (exact) mass is 711 g/mol. The van der Waals surface area contributed by atoms with Crippen LogP contribution in [0.5, 0.6) is 5.75 Å². The number of benzene rings is 5. The molecule has 2 aromatic heterocycles. The smallest absolute Gasteiger partial charge is 0.149 e. The van der Waals surface area contributed by atoms with E-state index in [1.807, 2.05) is 18.3 Å². The zero-order valence-corrected chi connectivity index (χ0v) is 33.5. The van der Waals surface area contributed by atoms with Crippen LogP contribution in [0.2, 0.25) is 0 Å². The van der Waals surface area contributed by atoms with Gasteiger partial charge in [0.1, 0.15) is 11.6 Å². The first-order valence-corrected chi connectivity index (χ1v) is 19.3. The Morgan fingerprint density at radius 3 is 1.93 bits per heavy atom. The number of nitrogens with zero attached hydrogens (tertiary/aromatic N) is 3. The second-order valence-electron chi connectivity index (χ2n) is 17.3. The Labute approximate surface area is 321 Å². The van der Waals surface area contributed by atoms with Gasteiger partial charge in [-0.3, -0.25) is 9.55 Å². The predicted octanol–water partition coefficient (Wildman–Crippen LogP) is 13.6. The minimum absolute atomic E-state index is 0.158. The van der Waals surface area contributed by atoms with E-state index in [2.05, 4.69) is 177 Å². The van der Waals surface area contributed by atoms with Crippen molar-refractivity contribution in [3.63, 3.8) is 0 Å². The molecule has 0 amide bonds. The van der Waals surface area contributed by atoms with Crippen LogP contribution in [-0.4, -0.2) is 19.6 Å². The molecule has 0 fully saturated rings. The molecule has 0 bridgehead atoms. The molecular formula is C50H53N3O. The van der Waals surface area contributed by atoms with Gasteiger partial charge in [-0.2, -0.15) is 0 Å². The van der Waals surface area contributed by atoms with Crippen molar-refractivity contribution >= 4 is 11.0 Å². The standard InChI is InChI=1S/C50H53N3O/c1-31(2)34-26-35(28-36(27-34)43-23-14-15-25-51-43)39-21-17-24-44-45(39)52-48(41-29-37(49(5,6)7)30-42(47(41)54)50(8,9)10)53(44)46-38(32(3)4)20-16-22-40(46)33-18-12-11-13-19-33/h11-32,54H,1-10H3. The number of rotatable bonds is 7. The van der Waals surface area contributed by atoms with Crippen molar-refractivity contribution in [2.75, 3.05) is 0 Å². The van der Waals surface area contributed by atoms with Crippen molar-refractivity contribution in [2.45, 2.75) is 91.9 Å². The van der Waals surface area contributed by atoms with Crippen LogP contribution in [0.4, 0.5) is 0 Å². The third kappa shape index (κ3) is 6.86. The summed E-state index contributed by atoms with van der Waals surface area (Å²) < 4.78 is 2.33. The van der Waals surface area contributed by atoms with Crippen LogP contribution in [0.3, 0.4) is 0 Å². The normalized spacial score (nSPS) is 12.3. The van der Waals surface area contributed by atoms with Gasteiger partial charge in [-0.05, 0) is 86.9 Å². The number of pyridine rings is 1. The molecular weight excluding hydrogens is 659 g/mol. The van der Waals surface area contributed by atoms with Crippen molar-refractivity contribution < 1.29 is 5.11 Å². The quantitative estimate of drug-likeness (QED) is 0.179. The summed E-state index contributed by atoms with van der Waals surface area (Å²) in [4.78, 5) is 10.4. The molecule has 4 heteroatoms. The van der Waals surface area contributed by atoms with Gasteiger partial charge in [0.05, 0.1) is 28.0 Å². The second kappa shape index (κ2) is 14.1. The Morgan fingerprint density at radius 1 is 0.593 bits per heavy atom.